The molecular formula is C11H16N4O4S. The molecule has 0 spiro atoms. The Morgan fingerprint density at radius 1 is 1.50 bits per heavy atom. The second kappa shape index (κ2) is 4.83. The second-order valence-corrected chi connectivity index (χ2v) is 6.95. The van der Waals surface area contributed by atoms with Gasteiger partial charge in [0.15, 0.2) is 0 Å². The lowest BCUT2D eigenvalue weighted by molar-refractivity contribution is -0.173. The van der Waals surface area contributed by atoms with Crippen molar-refractivity contribution in [2.24, 2.45) is 0 Å². The van der Waals surface area contributed by atoms with Gasteiger partial charge in [-0.3, -0.25) is 14.3 Å². The predicted octanol–water partition coefficient (Wildman–Crippen LogP) is -0.637. The molecule has 0 saturated carbocycles. The molecule has 0 aromatic carbocycles. The van der Waals surface area contributed by atoms with E-state index in [1.54, 1.807) is 16.9 Å². The first-order valence-electron chi connectivity index (χ1n) is 6.38. The van der Waals surface area contributed by atoms with Crippen LogP contribution in [0.4, 0.5) is 0 Å². The number of carbonyl (C=O) groups is 1. The Morgan fingerprint density at radius 2 is 2.30 bits per heavy atom. The van der Waals surface area contributed by atoms with E-state index in [-0.39, 0.29) is 19.0 Å². The van der Waals surface area contributed by atoms with E-state index in [2.05, 4.69) is 5.10 Å². The molecule has 20 heavy (non-hydrogen) atoms. The molecule has 1 fully saturated rings. The normalized spacial score (nSPS) is 23.9. The molecule has 1 atom stereocenters. The van der Waals surface area contributed by atoms with Crippen molar-refractivity contribution in [2.45, 2.75) is 19.0 Å². The van der Waals surface area contributed by atoms with Crippen molar-refractivity contribution in [2.75, 3.05) is 26.0 Å². The molecule has 3 heterocycles. The molecule has 0 aliphatic carbocycles. The van der Waals surface area contributed by atoms with Gasteiger partial charge in [0.1, 0.15) is 6.04 Å². The van der Waals surface area contributed by atoms with E-state index >= 15 is 0 Å². The summed E-state index contributed by atoms with van der Waals surface area (Å²) in [7, 11) is -3.36. The van der Waals surface area contributed by atoms with E-state index in [9.17, 15) is 13.2 Å². The van der Waals surface area contributed by atoms with E-state index in [1.807, 2.05) is 0 Å². The van der Waals surface area contributed by atoms with Crippen molar-refractivity contribution in [3.63, 3.8) is 0 Å². The third-order valence-electron chi connectivity index (χ3n) is 3.51. The van der Waals surface area contributed by atoms with Crippen molar-refractivity contribution < 1.29 is 18.0 Å². The molecule has 1 aromatic rings. The van der Waals surface area contributed by atoms with Crippen LogP contribution in [0, 0.1) is 0 Å². The van der Waals surface area contributed by atoms with Crippen LogP contribution in [-0.4, -0.2) is 59.4 Å². The number of hydrogen-bond donors (Lipinski definition) is 0. The van der Waals surface area contributed by atoms with Gasteiger partial charge in [0.25, 0.3) is 5.91 Å². The fourth-order valence-corrected chi connectivity index (χ4v) is 3.26. The monoisotopic (exact) mass is 300 g/mol. The molecule has 8 nitrogen and oxygen atoms in total. The number of amides is 1. The highest BCUT2D eigenvalue weighted by molar-refractivity contribution is 7.88. The zero-order valence-corrected chi connectivity index (χ0v) is 11.9. The summed E-state index contributed by atoms with van der Waals surface area (Å²) in [5.74, 6) is -0.249. The third kappa shape index (κ3) is 2.32. The van der Waals surface area contributed by atoms with Crippen molar-refractivity contribution in [3.05, 3.63) is 18.0 Å². The molecule has 1 aromatic heterocycles. The number of aromatic nitrogens is 2. The van der Waals surface area contributed by atoms with Crippen molar-refractivity contribution in [3.8, 4) is 0 Å². The molecule has 0 bridgehead atoms. The third-order valence-corrected chi connectivity index (χ3v) is 4.73. The van der Waals surface area contributed by atoms with Crippen LogP contribution < -0.4 is 0 Å². The van der Waals surface area contributed by atoms with E-state index in [1.165, 1.54) is 9.37 Å². The Bertz CT molecular complexity index is 620. The van der Waals surface area contributed by atoms with Crippen LogP contribution in [0.2, 0.25) is 0 Å². The topological polar surface area (TPSA) is 84.7 Å². The van der Waals surface area contributed by atoms with Crippen molar-refractivity contribution in [1.82, 2.24) is 19.1 Å². The molecule has 2 aliphatic heterocycles. The Balaban J connectivity index is 1.91. The van der Waals surface area contributed by atoms with Gasteiger partial charge in [-0.05, 0) is 12.5 Å². The Morgan fingerprint density at radius 3 is 2.95 bits per heavy atom. The lowest BCUT2D eigenvalue weighted by Gasteiger charge is -2.32. The molecular weight excluding hydrogens is 284 g/mol. The lowest BCUT2D eigenvalue weighted by Crippen LogP contribution is -2.47. The highest BCUT2D eigenvalue weighted by atomic mass is 32.2. The minimum Gasteiger partial charge on any atom is -0.271 e. The van der Waals surface area contributed by atoms with Crippen LogP contribution in [0.25, 0.3) is 0 Å². The van der Waals surface area contributed by atoms with Crippen LogP contribution in [0.1, 0.15) is 18.2 Å². The van der Waals surface area contributed by atoms with Gasteiger partial charge in [0.2, 0.25) is 10.0 Å². The summed E-state index contributed by atoms with van der Waals surface area (Å²) < 4.78 is 26.4. The molecule has 3 rings (SSSR count). The summed E-state index contributed by atoms with van der Waals surface area (Å²) in [5.41, 5.74) is 0.708. The first kappa shape index (κ1) is 13.5. The maximum atomic E-state index is 12.5. The van der Waals surface area contributed by atoms with Gasteiger partial charge in [0, 0.05) is 12.7 Å². The number of nitrogens with zero attached hydrogens (tertiary/aromatic N) is 4. The van der Waals surface area contributed by atoms with Crippen molar-refractivity contribution >= 4 is 15.9 Å². The Hall–Kier alpha value is -1.45. The Labute approximate surface area is 116 Å². The van der Waals surface area contributed by atoms with Crippen LogP contribution in [0.5, 0.6) is 0 Å². The van der Waals surface area contributed by atoms with Crippen LogP contribution >= 0.6 is 0 Å². The average Bonchev–Trinajstić information content (AvgIpc) is 3.06. The molecule has 0 radical (unpaired) electrons. The number of hydrogen-bond acceptors (Lipinski definition) is 5. The fraction of sp³-hybridized carbons (Fsp3) is 0.636. The zero-order chi connectivity index (χ0) is 14.3. The van der Waals surface area contributed by atoms with E-state index in [4.69, 9.17) is 4.84 Å². The zero-order valence-electron chi connectivity index (χ0n) is 11.1. The SMILES string of the molecule is CS(=O)(=O)N1Cc2ccnn2[C@@H](C(=O)N2CCCO2)C1. The summed E-state index contributed by atoms with van der Waals surface area (Å²) >= 11 is 0. The minimum absolute atomic E-state index is 0.0895. The van der Waals surface area contributed by atoms with E-state index < -0.39 is 16.1 Å². The number of hydroxylamine groups is 2. The number of sulfonamides is 1. The molecule has 0 N–H and O–H groups in total. The largest absolute Gasteiger partial charge is 0.272 e. The maximum Gasteiger partial charge on any atom is 0.272 e. The van der Waals surface area contributed by atoms with Crippen LogP contribution in [0.15, 0.2) is 12.3 Å². The maximum absolute atomic E-state index is 12.5. The van der Waals surface area contributed by atoms with Crippen LogP contribution in [0.3, 0.4) is 0 Å². The second-order valence-electron chi connectivity index (χ2n) is 4.97. The summed E-state index contributed by atoms with van der Waals surface area (Å²) in [6, 6.07) is 1.06. The highest BCUT2D eigenvalue weighted by Crippen LogP contribution is 2.25. The van der Waals surface area contributed by atoms with Gasteiger partial charge in [-0.2, -0.15) is 9.40 Å². The number of fused-ring (bicyclic) bond motifs is 1. The molecule has 1 amide bonds. The van der Waals surface area contributed by atoms with Gasteiger partial charge in [-0.15, -0.1) is 0 Å². The molecule has 1 saturated heterocycles. The van der Waals surface area contributed by atoms with Crippen LogP contribution in [-0.2, 0) is 26.2 Å². The minimum atomic E-state index is -3.36. The van der Waals surface area contributed by atoms with Gasteiger partial charge >= 0.3 is 0 Å². The lowest BCUT2D eigenvalue weighted by atomic mass is 10.2. The average molecular weight is 300 g/mol. The van der Waals surface area contributed by atoms with Crippen molar-refractivity contribution in [1.29, 1.82) is 0 Å². The summed E-state index contributed by atoms with van der Waals surface area (Å²) in [4.78, 5) is 17.7. The van der Waals surface area contributed by atoms with E-state index in [0.29, 0.717) is 18.8 Å². The molecule has 2 aliphatic rings. The molecule has 0 unspecified atom stereocenters. The highest BCUT2D eigenvalue weighted by Gasteiger charge is 2.37. The van der Waals surface area contributed by atoms with E-state index in [0.717, 1.165) is 12.7 Å². The predicted molar refractivity (Wildman–Crippen MR) is 68.8 cm³/mol. The summed E-state index contributed by atoms with van der Waals surface area (Å²) in [6.07, 6.45) is 3.51. The molecule has 9 heteroatoms. The smallest absolute Gasteiger partial charge is 0.271 e. The Kier molecular flexibility index (Phi) is 3.27. The summed E-state index contributed by atoms with van der Waals surface area (Å²) in [5, 5.41) is 5.45. The van der Waals surface area contributed by atoms with Gasteiger partial charge in [-0.25, -0.2) is 13.5 Å². The van der Waals surface area contributed by atoms with Gasteiger partial charge < -0.3 is 0 Å². The number of carbonyl (C=O) groups excluding carboxylic acids is 1. The quantitative estimate of drug-likeness (QED) is 0.725. The first-order chi connectivity index (χ1) is 9.47. The number of rotatable bonds is 2. The standard InChI is InChI=1S/C11H16N4O4S/c1-20(17,18)13-7-9-3-4-12-15(9)10(8-13)11(16)14-5-2-6-19-14/h3-4,10H,2,5-8H2,1H3/t10-/m1/s1. The fourth-order valence-electron chi connectivity index (χ4n) is 2.49. The molecule has 110 valence electrons. The first-order valence-corrected chi connectivity index (χ1v) is 8.23. The van der Waals surface area contributed by atoms with Gasteiger partial charge in [-0.1, -0.05) is 0 Å². The van der Waals surface area contributed by atoms with Gasteiger partial charge in [0.05, 0.1) is 31.6 Å². The summed E-state index contributed by atoms with van der Waals surface area (Å²) in [6.45, 7) is 1.38.